The first-order valence-corrected chi connectivity index (χ1v) is 7.68. The fraction of sp³-hybridized carbons (Fsp3) is 0.571. The fourth-order valence-electron chi connectivity index (χ4n) is 2.62. The molecule has 0 spiro atoms. The molecule has 1 aliphatic heterocycles. The number of nitrogens with one attached hydrogen (secondary N) is 1. The van der Waals surface area contributed by atoms with E-state index in [0.717, 1.165) is 42.7 Å². The number of hydrogen-bond donors (Lipinski definition) is 1. The number of hydrogen-bond acceptors (Lipinski definition) is 5. The van der Waals surface area contributed by atoms with Crippen LogP contribution >= 0.6 is 11.3 Å². The summed E-state index contributed by atoms with van der Waals surface area (Å²) in [4.78, 5) is 14.2. The second-order valence-electron chi connectivity index (χ2n) is 5.15. The Hall–Kier alpha value is -1.20. The molecular weight excluding hydrogens is 256 g/mol. The Morgan fingerprint density at radius 3 is 2.79 bits per heavy atom. The lowest BCUT2D eigenvalue weighted by Gasteiger charge is -2.22. The van der Waals surface area contributed by atoms with E-state index in [4.69, 9.17) is 4.98 Å². The van der Waals surface area contributed by atoms with Crippen LogP contribution in [0, 0.1) is 20.8 Å². The largest absolute Gasteiger partial charge is 0.355 e. The van der Waals surface area contributed by atoms with E-state index in [0.29, 0.717) is 0 Å². The zero-order chi connectivity index (χ0) is 13.4. The van der Waals surface area contributed by atoms with E-state index in [1.807, 2.05) is 6.92 Å². The zero-order valence-electron chi connectivity index (χ0n) is 11.8. The van der Waals surface area contributed by atoms with Gasteiger partial charge in [-0.05, 0) is 39.3 Å². The van der Waals surface area contributed by atoms with Crippen molar-refractivity contribution < 1.29 is 0 Å². The Morgan fingerprint density at radius 2 is 1.95 bits per heavy atom. The highest BCUT2D eigenvalue weighted by Crippen LogP contribution is 2.34. The van der Waals surface area contributed by atoms with Gasteiger partial charge in [0, 0.05) is 24.5 Å². The number of rotatable bonds is 1. The van der Waals surface area contributed by atoms with Crippen LogP contribution in [0.4, 0.5) is 5.82 Å². The predicted molar refractivity (Wildman–Crippen MR) is 81.3 cm³/mol. The van der Waals surface area contributed by atoms with Crippen LogP contribution in [0.1, 0.15) is 22.7 Å². The molecular formula is C14H20N4S. The van der Waals surface area contributed by atoms with Crippen molar-refractivity contribution >= 4 is 27.4 Å². The van der Waals surface area contributed by atoms with Crippen LogP contribution in [0.15, 0.2) is 0 Å². The number of fused-ring (bicyclic) bond motifs is 1. The van der Waals surface area contributed by atoms with Gasteiger partial charge in [0.05, 0.1) is 5.39 Å². The summed E-state index contributed by atoms with van der Waals surface area (Å²) < 4.78 is 0. The molecule has 2 aromatic rings. The third-order valence-corrected chi connectivity index (χ3v) is 4.86. The van der Waals surface area contributed by atoms with Gasteiger partial charge < -0.3 is 10.2 Å². The van der Waals surface area contributed by atoms with Crippen molar-refractivity contribution in [2.45, 2.75) is 27.2 Å². The molecule has 3 heterocycles. The minimum Gasteiger partial charge on any atom is -0.355 e. The minimum absolute atomic E-state index is 0.876. The Bertz CT molecular complexity index is 597. The first kappa shape index (κ1) is 12.8. The van der Waals surface area contributed by atoms with E-state index >= 15 is 0 Å². The van der Waals surface area contributed by atoms with Gasteiger partial charge in [-0.25, -0.2) is 9.97 Å². The number of thiophene rings is 1. The van der Waals surface area contributed by atoms with Gasteiger partial charge in [0.1, 0.15) is 16.5 Å². The molecule has 0 bridgehead atoms. The highest BCUT2D eigenvalue weighted by Gasteiger charge is 2.19. The fourth-order valence-corrected chi connectivity index (χ4v) is 3.69. The lowest BCUT2D eigenvalue weighted by atomic mass is 10.2. The molecule has 0 atom stereocenters. The van der Waals surface area contributed by atoms with Crippen molar-refractivity contribution in [2.24, 2.45) is 0 Å². The minimum atomic E-state index is 0.876. The number of aromatic nitrogens is 2. The molecule has 102 valence electrons. The zero-order valence-corrected chi connectivity index (χ0v) is 12.6. The van der Waals surface area contributed by atoms with Crippen LogP contribution in [0.25, 0.3) is 10.2 Å². The first-order valence-electron chi connectivity index (χ1n) is 6.87. The molecule has 1 aliphatic rings. The number of nitrogens with zero attached hydrogens (tertiary/aromatic N) is 3. The van der Waals surface area contributed by atoms with Gasteiger partial charge in [-0.15, -0.1) is 11.3 Å². The summed E-state index contributed by atoms with van der Waals surface area (Å²) in [6, 6.07) is 0. The maximum absolute atomic E-state index is 4.73. The molecule has 2 aromatic heterocycles. The quantitative estimate of drug-likeness (QED) is 0.868. The van der Waals surface area contributed by atoms with Gasteiger partial charge in [-0.1, -0.05) is 0 Å². The first-order chi connectivity index (χ1) is 9.16. The Labute approximate surface area is 117 Å². The second kappa shape index (κ2) is 5.06. The molecule has 0 aliphatic carbocycles. The van der Waals surface area contributed by atoms with Crippen LogP contribution in [0.3, 0.4) is 0 Å². The average molecular weight is 276 g/mol. The third-order valence-electron chi connectivity index (χ3n) is 3.76. The lowest BCUT2D eigenvalue weighted by molar-refractivity contribution is 0.724. The summed E-state index contributed by atoms with van der Waals surface area (Å²) in [7, 11) is 0. The van der Waals surface area contributed by atoms with Gasteiger partial charge in [0.25, 0.3) is 0 Å². The molecule has 19 heavy (non-hydrogen) atoms. The Kier molecular flexibility index (Phi) is 3.41. The van der Waals surface area contributed by atoms with Gasteiger partial charge in [0.15, 0.2) is 0 Å². The normalized spacial score (nSPS) is 16.9. The van der Waals surface area contributed by atoms with E-state index < -0.39 is 0 Å². The SMILES string of the molecule is Cc1nc(N2CCCNCC2)c2c(C)c(C)sc2n1. The summed E-state index contributed by atoms with van der Waals surface area (Å²) in [5.74, 6) is 2.01. The summed E-state index contributed by atoms with van der Waals surface area (Å²) in [6.07, 6.45) is 1.17. The van der Waals surface area contributed by atoms with Crippen molar-refractivity contribution in [1.29, 1.82) is 0 Å². The predicted octanol–water partition coefficient (Wildman–Crippen LogP) is 2.42. The van der Waals surface area contributed by atoms with E-state index in [1.165, 1.54) is 22.2 Å². The van der Waals surface area contributed by atoms with Crippen molar-refractivity contribution in [2.75, 3.05) is 31.1 Å². The Morgan fingerprint density at radius 1 is 1.11 bits per heavy atom. The maximum atomic E-state index is 4.73. The van der Waals surface area contributed by atoms with Crippen molar-refractivity contribution in [3.8, 4) is 0 Å². The second-order valence-corrected chi connectivity index (χ2v) is 6.35. The number of aryl methyl sites for hydroxylation is 3. The summed E-state index contributed by atoms with van der Waals surface area (Å²) in [5, 5.41) is 4.71. The van der Waals surface area contributed by atoms with Crippen molar-refractivity contribution in [3.05, 3.63) is 16.3 Å². The smallest absolute Gasteiger partial charge is 0.141 e. The van der Waals surface area contributed by atoms with E-state index in [1.54, 1.807) is 11.3 Å². The van der Waals surface area contributed by atoms with Gasteiger partial charge >= 0.3 is 0 Å². The van der Waals surface area contributed by atoms with Gasteiger partial charge in [-0.3, -0.25) is 0 Å². The van der Waals surface area contributed by atoms with E-state index in [2.05, 4.69) is 29.0 Å². The van der Waals surface area contributed by atoms with Crippen molar-refractivity contribution in [3.63, 3.8) is 0 Å². The molecule has 1 N–H and O–H groups in total. The molecule has 1 saturated heterocycles. The molecule has 1 fully saturated rings. The topological polar surface area (TPSA) is 41.1 Å². The summed E-state index contributed by atoms with van der Waals surface area (Å²) >= 11 is 1.78. The maximum Gasteiger partial charge on any atom is 0.141 e. The van der Waals surface area contributed by atoms with E-state index in [-0.39, 0.29) is 0 Å². The number of anilines is 1. The molecule has 3 rings (SSSR count). The van der Waals surface area contributed by atoms with Crippen LogP contribution < -0.4 is 10.2 Å². The lowest BCUT2D eigenvalue weighted by Crippen LogP contribution is -2.29. The van der Waals surface area contributed by atoms with Gasteiger partial charge in [-0.2, -0.15) is 0 Å². The summed E-state index contributed by atoms with van der Waals surface area (Å²) in [5.41, 5.74) is 1.34. The molecule has 0 amide bonds. The Balaban J connectivity index is 2.15. The van der Waals surface area contributed by atoms with Crippen LogP contribution in [-0.4, -0.2) is 36.1 Å². The van der Waals surface area contributed by atoms with Crippen LogP contribution in [0.2, 0.25) is 0 Å². The molecule has 0 saturated carbocycles. The average Bonchev–Trinajstić information content (AvgIpc) is 2.61. The standard InChI is InChI=1S/C14H20N4S/c1-9-10(2)19-14-12(9)13(16-11(3)17-14)18-7-4-5-15-6-8-18/h15H,4-8H2,1-3H3. The monoisotopic (exact) mass is 276 g/mol. The third kappa shape index (κ3) is 2.32. The summed E-state index contributed by atoms with van der Waals surface area (Å²) in [6.45, 7) is 10.6. The molecule has 0 radical (unpaired) electrons. The molecule has 0 aromatic carbocycles. The van der Waals surface area contributed by atoms with Crippen molar-refractivity contribution in [1.82, 2.24) is 15.3 Å². The van der Waals surface area contributed by atoms with E-state index in [9.17, 15) is 0 Å². The highest BCUT2D eigenvalue weighted by molar-refractivity contribution is 7.18. The molecule has 5 heteroatoms. The highest BCUT2D eigenvalue weighted by atomic mass is 32.1. The molecule has 0 unspecified atom stereocenters. The molecule has 4 nitrogen and oxygen atoms in total. The van der Waals surface area contributed by atoms with Crippen LogP contribution in [-0.2, 0) is 0 Å². The van der Waals surface area contributed by atoms with Crippen LogP contribution in [0.5, 0.6) is 0 Å². The van der Waals surface area contributed by atoms with Gasteiger partial charge in [0.2, 0.25) is 0 Å².